The van der Waals surface area contributed by atoms with Crippen molar-refractivity contribution in [1.82, 2.24) is 5.32 Å². The van der Waals surface area contributed by atoms with Gasteiger partial charge in [-0.3, -0.25) is 0 Å². The third-order valence-corrected chi connectivity index (χ3v) is 4.40. The number of nitrogens with one attached hydrogen (secondary N) is 1. The molecule has 0 aliphatic heterocycles. The van der Waals surface area contributed by atoms with Crippen molar-refractivity contribution in [2.45, 2.75) is 37.8 Å². The number of fused-ring (bicyclic) bond motifs is 1. The van der Waals surface area contributed by atoms with Gasteiger partial charge in [0.2, 0.25) is 0 Å². The number of benzene rings is 2. The van der Waals surface area contributed by atoms with E-state index in [-0.39, 0.29) is 12.1 Å². The highest BCUT2D eigenvalue weighted by atomic mass is 16.3. The lowest BCUT2D eigenvalue weighted by Crippen LogP contribution is -2.45. The number of rotatable bonds is 4. The van der Waals surface area contributed by atoms with Gasteiger partial charge in [0.25, 0.3) is 0 Å². The van der Waals surface area contributed by atoms with Crippen LogP contribution in [0.4, 0.5) is 0 Å². The van der Waals surface area contributed by atoms with Crippen LogP contribution in [0.15, 0.2) is 42.5 Å². The Morgan fingerprint density at radius 2 is 1.74 bits per heavy atom. The Bertz CT molecular complexity index is 553. The summed E-state index contributed by atoms with van der Waals surface area (Å²) in [5.74, 6) is 0. The van der Waals surface area contributed by atoms with E-state index in [0.29, 0.717) is 0 Å². The Morgan fingerprint density at radius 1 is 1.00 bits per heavy atom. The molecule has 0 spiro atoms. The predicted octanol–water partition coefficient (Wildman–Crippen LogP) is 3.23. The first-order valence-electron chi connectivity index (χ1n) is 7.16. The van der Waals surface area contributed by atoms with Crippen molar-refractivity contribution >= 4 is 10.8 Å². The highest BCUT2D eigenvalue weighted by Gasteiger charge is 2.32. The zero-order chi connectivity index (χ0) is 13.1. The molecule has 0 unspecified atom stereocenters. The molecule has 1 fully saturated rings. The largest absolute Gasteiger partial charge is 0.394 e. The third-order valence-electron chi connectivity index (χ3n) is 4.40. The molecule has 2 N–H and O–H groups in total. The van der Waals surface area contributed by atoms with Crippen LogP contribution in [0.2, 0.25) is 0 Å². The fourth-order valence-corrected chi connectivity index (χ4v) is 3.17. The van der Waals surface area contributed by atoms with Crippen LogP contribution in [-0.4, -0.2) is 17.3 Å². The van der Waals surface area contributed by atoms with E-state index < -0.39 is 0 Å². The van der Waals surface area contributed by atoms with Crippen LogP contribution in [-0.2, 0) is 6.54 Å². The highest BCUT2D eigenvalue weighted by Crippen LogP contribution is 2.30. The smallest absolute Gasteiger partial charge is 0.0613 e. The summed E-state index contributed by atoms with van der Waals surface area (Å²) in [4.78, 5) is 0. The Morgan fingerprint density at radius 3 is 2.53 bits per heavy atom. The maximum atomic E-state index is 9.65. The average molecular weight is 255 g/mol. The van der Waals surface area contributed by atoms with E-state index in [9.17, 15) is 5.11 Å². The Balaban J connectivity index is 1.82. The monoisotopic (exact) mass is 255 g/mol. The average Bonchev–Trinajstić information content (AvgIpc) is 2.94. The second kappa shape index (κ2) is 5.32. The second-order valence-electron chi connectivity index (χ2n) is 5.64. The third kappa shape index (κ3) is 2.51. The van der Waals surface area contributed by atoms with Crippen molar-refractivity contribution in [3.63, 3.8) is 0 Å². The highest BCUT2D eigenvalue weighted by molar-refractivity contribution is 5.85. The van der Waals surface area contributed by atoms with Crippen LogP contribution < -0.4 is 5.32 Å². The molecule has 1 aliphatic rings. The van der Waals surface area contributed by atoms with Gasteiger partial charge in [0.15, 0.2) is 0 Å². The molecular formula is C17H21NO. The molecule has 0 atom stereocenters. The number of hydrogen-bond donors (Lipinski definition) is 2. The summed E-state index contributed by atoms with van der Waals surface area (Å²) in [6.07, 6.45) is 4.63. The topological polar surface area (TPSA) is 32.3 Å². The minimum Gasteiger partial charge on any atom is -0.394 e. The Hall–Kier alpha value is -1.38. The Kier molecular flexibility index (Phi) is 3.54. The van der Waals surface area contributed by atoms with Gasteiger partial charge in [-0.1, -0.05) is 55.3 Å². The summed E-state index contributed by atoms with van der Waals surface area (Å²) in [5, 5.41) is 15.8. The fraction of sp³-hybridized carbons (Fsp3) is 0.412. The van der Waals surface area contributed by atoms with Crippen LogP contribution >= 0.6 is 0 Å². The van der Waals surface area contributed by atoms with E-state index >= 15 is 0 Å². The molecule has 2 nitrogen and oxygen atoms in total. The van der Waals surface area contributed by atoms with Crippen LogP contribution in [0.25, 0.3) is 10.8 Å². The van der Waals surface area contributed by atoms with E-state index in [0.717, 1.165) is 19.4 Å². The summed E-state index contributed by atoms with van der Waals surface area (Å²) in [6, 6.07) is 14.9. The molecule has 3 rings (SSSR count). The molecule has 0 bridgehead atoms. The summed E-state index contributed by atoms with van der Waals surface area (Å²) < 4.78 is 0. The van der Waals surface area contributed by atoms with Crippen LogP contribution in [0.5, 0.6) is 0 Å². The Labute approximate surface area is 114 Å². The molecule has 0 radical (unpaired) electrons. The van der Waals surface area contributed by atoms with Crippen molar-refractivity contribution in [2.75, 3.05) is 6.61 Å². The van der Waals surface area contributed by atoms with Gasteiger partial charge in [-0.2, -0.15) is 0 Å². The van der Waals surface area contributed by atoms with Crippen molar-refractivity contribution in [2.24, 2.45) is 0 Å². The van der Waals surface area contributed by atoms with E-state index in [1.807, 2.05) is 0 Å². The standard InChI is InChI=1S/C17H21NO/c19-13-17(10-3-4-11-17)18-12-15-8-5-7-14-6-1-2-9-16(14)15/h1-2,5-9,18-19H,3-4,10-13H2. The summed E-state index contributed by atoms with van der Waals surface area (Å²) in [7, 11) is 0. The molecule has 2 heteroatoms. The van der Waals surface area contributed by atoms with Crippen molar-refractivity contribution in [3.05, 3.63) is 48.0 Å². The molecule has 2 aromatic carbocycles. The lowest BCUT2D eigenvalue weighted by molar-refractivity contribution is 0.163. The summed E-state index contributed by atoms with van der Waals surface area (Å²) >= 11 is 0. The molecule has 100 valence electrons. The first-order chi connectivity index (χ1) is 9.33. The zero-order valence-electron chi connectivity index (χ0n) is 11.2. The quantitative estimate of drug-likeness (QED) is 0.879. The number of aliphatic hydroxyl groups is 1. The van der Waals surface area contributed by atoms with Gasteiger partial charge in [0.1, 0.15) is 0 Å². The van der Waals surface area contributed by atoms with Crippen molar-refractivity contribution in [3.8, 4) is 0 Å². The van der Waals surface area contributed by atoms with E-state index in [1.54, 1.807) is 0 Å². The molecule has 0 aromatic heterocycles. The molecule has 2 aromatic rings. The molecule has 1 saturated carbocycles. The van der Waals surface area contributed by atoms with Crippen LogP contribution in [0, 0.1) is 0 Å². The summed E-state index contributed by atoms with van der Waals surface area (Å²) in [6.45, 7) is 1.08. The predicted molar refractivity (Wildman–Crippen MR) is 79.1 cm³/mol. The maximum absolute atomic E-state index is 9.65. The van der Waals surface area contributed by atoms with Crippen molar-refractivity contribution in [1.29, 1.82) is 0 Å². The zero-order valence-corrected chi connectivity index (χ0v) is 11.2. The summed E-state index contributed by atoms with van der Waals surface area (Å²) in [5.41, 5.74) is 1.27. The van der Waals surface area contributed by atoms with Crippen LogP contribution in [0.1, 0.15) is 31.2 Å². The van der Waals surface area contributed by atoms with E-state index in [2.05, 4.69) is 47.8 Å². The normalized spacial score (nSPS) is 17.9. The lowest BCUT2D eigenvalue weighted by atomic mass is 9.97. The van der Waals surface area contributed by atoms with Gasteiger partial charge in [0.05, 0.1) is 6.61 Å². The van der Waals surface area contributed by atoms with Crippen LogP contribution in [0.3, 0.4) is 0 Å². The number of hydrogen-bond acceptors (Lipinski definition) is 2. The second-order valence-corrected chi connectivity index (χ2v) is 5.64. The molecule has 0 amide bonds. The molecular weight excluding hydrogens is 234 g/mol. The molecule has 0 heterocycles. The lowest BCUT2D eigenvalue weighted by Gasteiger charge is -2.28. The van der Waals surface area contributed by atoms with Gasteiger partial charge in [-0.05, 0) is 29.2 Å². The van der Waals surface area contributed by atoms with E-state index in [1.165, 1.54) is 29.2 Å². The first kappa shape index (κ1) is 12.6. The molecule has 19 heavy (non-hydrogen) atoms. The van der Waals surface area contributed by atoms with Gasteiger partial charge in [0, 0.05) is 12.1 Å². The van der Waals surface area contributed by atoms with Gasteiger partial charge in [-0.15, -0.1) is 0 Å². The molecule has 1 aliphatic carbocycles. The number of aliphatic hydroxyl groups excluding tert-OH is 1. The maximum Gasteiger partial charge on any atom is 0.0613 e. The van der Waals surface area contributed by atoms with Gasteiger partial charge >= 0.3 is 0 Å². The SMILES string of the molecule is OCC1(NCc2cccc3ccccc23)CCCC1. The fourth-order valence-electron chi connectivity index (χ4n) is 3.17. The molecule has 0 saturated heterocycles. The van der Waals surface area contributed by atoms with Gasteiger partial charge in [-0.25, -0.2) is 0 Å². The minimum absolute atomic E-state index is 0.0447. The minimum atomic E-state index is -0.0447. The van der Waals surface area contributed by atoms with Crippen molar-refractivity contribution < 1.29 is 5.11 Å². The van der Waals surface area contributed by atoms with E-state index in [4.69, 9.17) is 0 Å². The first-order valence-corrected chi connectivity index (χ1v) is 7.16. The van der Waals surface area contributed by atoms with Gasteiger partial charge < -0.3 is 10.4 Å².